The molecule has 116 valence electrons. The zero-order valence-corrected chi connectivity index (χ0v) is 11.7. The summed E-state index contributed by atoms with van der Waals surface area (Å²) in [6.07, 6.45) is 0. The van der Waals surface area contributed by atoms with Crippen molar-refractivity contribution >= 4 is 22.6 Å². The number of phenols is 2. The van der Waals surface area contributed by atoms with E-state index in [2.05, 4.69) is 10.1 Å². The van der Waals surface area contributed by atoms with E-state index in [-0.39, 0.29) is 17.1 Å². The Bertz CT molecular complexity index is 727. The number of hydrogen-bond donors (Lipinski definition) is 4. The molecule has 2 rings (SSSR count). The summed E-state index contributed by atoms with van der Waals surface area (Å²) in [4.78, 5) is 23.5. The van der Waals surface area contributed by atoms with Gasteiger partial charge in [-0.25, -0.2) is 4.79 Å². The van der Waals surface area contributed by atoms with E-state index < -0.39 is 24.5 Å². The van der Waals surface area contributed by atoms with Crippen LogP contribution in [0.25, 0.3) is 10.8 Å². The highest BCUT2D eigenvalue weighted by atomic mass is 16.5. The Labute approximate surface area is 125 Å². The molecule has 22 heavy (non-hydrogen) atoms. The summed E-state index contributed by atoms with van der Waals surface area (Å²) in [5.74, 6) is -1.92. The van der Waals surface area contributed by atoms with Crippen LogP contribution in [0.2, 0.25) is 0 Å². The number of benzene rings is 2. The molecule has 2 aromatic rings. The van der Waals surface area contributed by atoms with Gasteiger partial charge in [0.1, 0.15) is 11.5 Å². The molecule has 7 heteroatoms. The Kier molecular flexibility index (Phi) is 4.47. The summed E-state index contributed by atoms with van der Waals surface area (Å²) in [7, 11) is 1.13. The molecular weight excluding hydrogens is 290 g/mol. The number of nitrogens with one attached hydrogen (secondary N) is 1. The number of fused-ring (bicyclic) bond motifs is 1. The SMILES string of the molecule is COC(=O)[C@@H](CO)NC(=O)c1cc2cccc(O)c2cc1O. The van der Waals surface area contributed by atoms with Gasteiger partial charge < -0.3 is 25.4 Å². The second-order valence-corrected chi connectivity index (χ2v) is 4.60. The average Bonchev–Trinajstić information content (AvgIpc) is 2.52. The number of phenolic OH excluding ortho intramolecular Hbond substituents is 2. The van der Waals surface area contributed by atoms with Gasteiger partial charge in [0.25, 0.3) is 5.91 Å². The first-order valence-corrected chi connectivity index (χ1v) is 6.42. The van der Waals surface area contributed by atoms with E-state index in [1.807, 2.05) is 0 Å². The van der Waals surface area contributed by atoms with E-state index in [9.17, 15) is 19.8 Å². The third-order valence-electron chi connectivity index (χ3n) is 3.19. The molecule has 0 saturated heterocycles. The lowest BCUT2D eigenvalue weighted by Crippen LogP contribution is -2.44. The molecule has 2 aromatic carbocycles. The van der Waals surface area contributed by atoms with Crippen LogP contribution in [0, 0.1) is 0 Å². The van der Waals surface area contributed by atoms with E-state index in [0.717, 1.165) is 7.11 Å². The zero-order chi connectivity index (χ0) is 16.3. The number of ether oxygens (including phenoxy) is 1. The molecule has 0 unspecified atom stereocenters. The predicted molar refractivity (Wildman–Crippen MR) is 77.6 cm³/mol. The Morgan fingerprint density at radius 2 is 1.95 bits per heavy atom. The van der Waals surface area contributed by atoms with E-state index >= 15 is 0 Å². The van der Waals surface area contributed by atoms with Crippen molar-refractivity contribution < 1.29 is 29.6 Å². The Balaban J connectivity index is 2.36. The number of rotatable bonds is 4. The van der Waals surface area contributed by atoms with Crippen LogP contribution in [0.15, 0.2) is 30.3 Å². The summed E-state index contributed by atoms with van der Waals surface area (Å²) in [6, 6.07) is 6.13. The third-order valence-corrected chi connectivity index (χ3v) is 3.19. The van der Waals surface area contributed by atoms with Crippen LogP contribution in [0.3, 0.4) is 0 Å². The van der Waals surface area contributed by atoms with Crippen LogP contribution in [0.4, 0.5) is 0 Å². The number of aliphatic hydroxyl groups excluding tert-OH is 1. The van der Waals surface area contributed by atoms with Gasteiger partial charge in [0, 0.05) is 5.39 Å². The van der Waals surface area contributed by atoms with Gasteiger partial charge in [-0.05, 0) is 23.6 Å². The molecule has 1 amide bonds. The lowest BCUT2D eigenvalue weighted by atomic mass is 10.0. The first-order valence-electron chi connectivity index (χ1n) is 6.42. The van der Waals surface area contributed by atoms with Gasteiger partial charge in [-0.1, -0.05) is 12.1 Å². The molecule has 0 aliphatic heterocycles. The van der Waals surface area contributed by atoms with Gasteiger partial charge in [0.05, 0.1) is 19.3 Å². The number of carbonyl (C=O) groups excluding carboxylic acids is 2. The fourth-order valence-corrected chi connectivity index (χ4v) is 2.04. The standard InChI is InChI=1S/C15H15NO6/c1-22-15(21)11(7-17)16-14(20)10-5-8-3-2-4-12(18)9(8)6-13(10)19/h2-6,11,17-19H,7H2,1H3,(H,16,20)/t11-/m1/s1. The predicted octanol–water partition coefficient (Wildman–Crippen LogP) is 0.515. The number of aliphatic hydroxyl groups is 1. The first kappa shape index (κ1) is 15.6. The molecule has 0 heterocycles. The maximum Gasteiger partial charge on any atom is 0.330 e. The molecule has 0 fully saturated rings. The van der Waals surface area contributed by atoms with Crippen molar-refractivity contribution in [1.82, 2.24) is 5.32 Å². The minimum absolute atomic E-state index is 0.0254. The van der Waals surface area contributed by atoms with E-state index in [1.165, 1.54) is 18.2 Å². The summed E-state index contributed by atoms with van der Waals surface area (Å²) >= 11 is 0. The van der Waals surface area contributed by atoms with Gasteiger partial charge in [-0.2, -0.15) is 0 Å². The molecule has 4 N–H and O–H groups in total. The van der Waals surface area contributed by atoms with Crippen LogP contribution >= 0.6 is 0 Å². The molecule has 0 aliphatic rings. The number of aromatic hydroxyl groups is 2. The van der Waals surface area contributed by atoms with Crippen molar-refractivity contribution in [3.05, 3.63) is 35.9 Å². The second-order valence-electron chi connectivity index (χ2n) is 4.60. The fourth-order valence-electron chi connectivity index (χ4n) is 2.04. The largest absolute Gasteiger partial charge is 0.507 e. The van der Waals surface area contributed by atoms with Crippen molar-refractivity contribution in [3.63, 3.8) is 0 Å². The van der Waals surface area contributed by atoms with Crippen LogP contribution in [-0.4, -0.2) is 47.0 Å². The molecule has 0 aromatic heterocycles. The maximum absolute atomic E-state index is 12.1. The van der Waals surface area contributed by atoms with Crippen LogP contribution in [0.5, 0.6) is 11.5 Å². The summed E-state index contributed by atoms with van der Waals surface area (Å²) in [5.41, 5.74) is -0.0829. The molecule has 0 saturated carbocycles. The van der Waals surface area contributed by atoms with Crippen molar-refractivity contribution in [3.8, 4) is 11.5 Å². The first-order chi connectivity index (χ1) is 10.5. The highest BCUT2D eigenvalue weighted by Crippen LogP contribution is 2.30. The molecule has 0 bridgehead atoms. The van der Waals surface area contributed by atoms with Crippen LogP contribution in [-0.2, 0) is 9.53 Å². The summed E-state index contributed by atoms with van der Waals surface area (Å²) in [6.45, 7) is -0.631. The monoisotopic (exact) mass is 305 g/mol. The Hall–Kier alpha value is -2.80. The Morgan fingerprint density at radius 3 is 2.59 bits per heavy atom. The van der Waals surface area contributed by atoms with Crippen molar-refractivity contribution in [2.75, 3.05) is 13.7 Å². The second kappa shape index (κ2) is 6.31. The number of hydrogen-bond acceptors (Lipinski definition) is 6. The van der Waals surface area contributed by atoms with E-state index in [4.69, 9.17) is 5.11 Å². The van der Waals surface area contributed by atoms with E-state index in [1.54, 1.807) is 12.1 Å². The highest BCUT2D eigenvalue weighted by Gasteiger charge is 2.23. The topological polar surface area (TPSA) is 116 Å². The average molecular weight is 305 g/mol. The molecule has 0 spiro atoms. The number of amides is 1. The van der Waals surface area contributed by atoms with Crippen molar-refractivity contribution in [2.24, 2.45) is 0 Å². The van der Waals surface area contributed by atoms with Crippen molar-refractivity contribution in [2.45, 2.75) is 6.04 Å². The molecular formula is C15H15NO6. The third kappa shape index (κ3) is 2.94. The van der Waals surface area contributed by atoms with Crippen LogP contribution in [0.1, 0.15) is 10.4 Å². The highest BCUT2D eigenvalue weighted by molar-refractivity contribution is 6.03. The molecule has 1 atom stereocenters. The molecule has 0 radical (unpaired) electrons. The smallest absolute Gasteiger partial charge is 0.330 e. The minimum atomic E-state index is -1.23. The van der Waals surface area contributed by atoms with Gasteiger partial charge in [-0.15, -0.1) is 0 Å². The maximum atomic E-state index is 12.1. The lowest BCUT2D eigenvalue weighted by Gasteiger charge is -2.15. The van der Waals surface area contributed by atoms with Crippen LogP contribution < -0.4 is 5.32 Å². The lowest BCUT2D eigenvalue weighted by molar-refractivity contribution is -0.143. The van der Waals surface area contributed by atoms with Crippen molar-refractivity contribution in [1.29, 1.82) is 0 Å². The summed E-state index contributed by atoms with van der Waals surface area (Å²) in [5, 5.41) is 31.9. The summed E-state index contributed by atoms with van der Waals surface area (Å²) < 4.78 is 4.45. The Morgan fingerprint density at radius 1 is 1.23 bits per heavy atom. The zero-order valence-electron chi connectivity index (χ0n) is 11.7. The van der Waals surface area contributed by atoms with Gasteiger partial charge in [-0.3, -0.25) is 4.79 Å². The normalized spacial score (nSPS) is 11.9. The van der Waals surface area contributed by atoms with Gasteiger partial charge in [0.15, 0.2) is 6.04 Å². The van der Waals surface area contributed by atoms with E-state index in [0.29, 0.717) is 10.8 Å². The number of esters is 1. The minimum Gasteiger partial charge on any atom is -0.507 e. The molecule has 7 nitrogen and oxygen atoms in total. The quantitative estimate of drug-likeness (QED) is 0.612. The van der Waals surface area contributed by atoms with Gasteiger partial charge >= 0.3 is 5.97 Å². The fraction of sp³-hybridized carbons (Fsp3) is 0.200. The number of methoxy groups -OCH3 is 1. The number of carbonyl (C=O) groups is 2. The molecule has 0 aliphatic carbocycles. The van der Waals surface area contributed by atoms with Gasteiger partial charge in [0.2, 0.25) is 0 Å².